The van der Waals surface area contributed by atoms with Gasteiger partial charge in [-0.2, -0.15) is 5.10 Å². The molecular weight excluding hydrogens is 376 g/mol. The summed E-state index contributed by atoms with van der Waals surface area (Å²) in [4.78, 5) is 12.4. The van der Waals surface area contributed by atoms with Gasteiger partial charge in [0.1, 0.15) is 10.6 Å². The number of hydrogen-bond donors (Lipinski definition) is 0. The Balaban J connectivity index is 2.72. The van der Waals surface area contributed by atoms with Crippen LogP contribution in [0.25, 0.3) is 5.69 Å². The lowest BCUT2D eigenvalue weighted by Gasteiger charge is -2.13. The van der Waals surface area contributed by atoms with Gasteiger partial charge in [-0.3, -0.25) is 0 Å². The molecule has 0 radical (unpaired) electrons. The molecule has 0 fully saturated rings. The third-order valence-electron chi connectivity index (χ3n) is 3.59. The van der Waals surface area contributed by atoms with Crippen LogP contribution < -0.4 is 0 Å². The van der Waals surface area contributed by atoms with E-state index in [1.807, 2.05) is 24.8 Å². The predicted molar refractivity (Wildman–Crippen MR) is 97.9 cm³/mol. The molecule has 0 unspecified atom stereocenters. The van der Waals surface area contributed by atoms with Gasteiger partial charge in [0.15, 0.2) is 0 Å². The standard InChI is InChI=1S/C17H21BrN2O2S/c1-6-13-14(17(21)22-7-2)16(23-5)20(19-13)15-10(3)8-12(18)9-11(15)4/h8-9H,6-7H2,1-5H3. The van der Waals surface area contributed by atoms with Gasteiger partial charge in [0.25, 0.3) is 0 Å². The molecule has 0 saturated heterocycles. The van der Waals surface area contributed by atoms with Crippen LogP contribution in [-0.2, 0) is 11.2 Å². The van der Waals surface area contributed by atoms with Crippen LogP contribution in [0.2, 0.25) is 0 Å². The van der Waals surface area contributed by atoms with E-state index in [1.165, 1.54) is 11.8 Å². The van der Waals surface area contributed by atoms with E-state index in [1.54, 1.807) is 0 Å². The highest BCUT2D eigenvalue weighted by Crippen LogP contribution is 2.32. The van der Waals surface area contributed by atoms with Gasteiger partial charge in [0.05, 0.1) is 18.0 Å². The van der Waals surface area contributed by atoms with Crippen molar-refractivity contribution in [2.45, 2.75) is 39.1 Å². The number of carbonyl (C=O) groups is 1. The van der Waals surface area contributed by atoms with E-state index < -0.39 is 0 Å². The van der Waals surface area contributed by atoms with Crippen molar-refractivity contribution in [2.75, 3.05) is 12.9 Å². The van der Waals surface area contributed by atoms with E-state index in [0.717, 1.165) is 32.0 Å². The molecule has 0 atom stereocenters. The Morgan fingerprint density at radius 2 is 1.91 bits per heavy atom. The van der Waals surface area contributed by atoms with E-state index >= 15 is 0 Å². The third-order valence-corrected chi connectivity index (χ3v) is 4.81. The largest absolute Gasteiger partial charge is 0.462 e. The van der Waals surface area contributed by atoms with Crippen molar-refractivity contribution < 1.29 is 9.53 Å². The zero-order chi connectivity index (χ0) is 17.1. The minimum atomic E-state index is -0.299. The molecule has 0 aliphatic rings. The summed E-state index contributed by atoms with van der Waals surface area (Å²) in [5.74, 6) is -0.299. The number of esters is 1. The molecule has 0 saturated carbocycles. The van der Waals surface area contributed by atoms with Crippen molar-refractivity contribution in [3.8, 4) is 5.69 Å². The maximum absolute atomic E-state index is 12.4. The molecule has 0 N–H and O–H groups in total. The summed E-state index contributed by atoms with van der Waals surface area (Å²) in [6, 6.07) is 4.12. The summed E-state index contributed by atoms with van der Waals surface area (Å²) in [5, 5.41) is 5.53. The Labute approximate surface area is 149 Å². The maximum Gasteiger partial charge on any atom is 0.342 e. The van der Waals surface area contributed by atoms with Gasteiger partial charge in [-0.05, 0) is 56.7 Å². The average Bonchev–Trinajstić information content (AvgIpc) is 2.84. The monoisotopic (exact) mass is 396 g/mol. The van der Waals surface area contributed by atoms with E-state index in [2.05, 4.69) is 41.9 Å². The maximum atomic E-state index is 12.4. The van der Waals surface area contributed by atoms with Crippen LogP contribution >= 0.6 is 27.7 Å². The first-order chi connectivity index (χ1) is 10.9. The molecule has 0 aliphatic carbocycles. The smallest absolute Gasteiger partial charge is 0.342 e. The Bertz CT molecular complexity index is 717. The van der Waals surface area contributed by atoms with Crippen LogP contribution in [0, 0.1) is 13.8 Å². The quantitative estimate of drug-likeness (QED) is 0.541. The van der Waals surface area contributed by atoms with Gasteiger partial charge < -0.3 is 4.74 Å². The molecule has 1 aromatic carbocycles. The SMILES string of the molecule is CCOC(=O)c1c(CC)nn(-c2c(C)cc(Br)cc2C)c1SC. The van der Waals surface area contributed by atoms with E-state index in [9.17, 15) is 4.79 Å². The number of rotatable bonds is 5. The van der Waals surface area contributed by atoms with Crippen LogP contribution in [-0.4, -0.2) is 28.6 Å². The van der Waals surface area contributed by atoms with Crippen molar-refractivity contribution >= 4 is 33.7 Å². The number of nitrogens with zero attached hydrogens (tertiary/aromatic N) is 2. The number of ether oxygens (including phenoxy) is 1. The Hall–Kier alpha value is -1.27. The summed E-state index contributed by atoms with van der Waals surface area (Å²) in [5.41, 5.74) is 4.58. The molecule has 4 nitrogen and oxygen atoms in total. The minimum absolute atomic E-state index is 0.299. The molecule has 6 heteroatoms. The first-order valence-electron chi connectivity index (χ1n) is 7.54. The van der Waals surface area contributed by atoms with E-state index in [-0.39, 0.29) is 5.97 Å². The van der Waals surface area contributed by atoms with Gasteiger partial charge in [0, 0.05) is 4.47 Å². The average molecular weight is 397 g/mol. The fourth-order valence-electron chi connectivity index (χ4n) is 2.68. The number of carbonyl (C=O) groups excluding carboxylic acids is 1. The molecule has 0 bridgehead atoms. The summed E-state index contributed by atoms with van der Waals surface area (Å²) < 4.78 is 8.15. The zero-order valence-corrected chi connectivity index (χ0v) is 16.5. The van der Waals surface area contributed by atoms with E-state index in [0.29, 0.717) is 18.6 Å². The first kappa shape index (κ1) is 18.1. The molecule has 1 aromatic heterocycles. The number of aryl methyl sites for hydroxylation is 3. The van der Waals surface area contributed by atoms with Crippen molar-refractivity contribution in [3.05, 3.63) is 39.0 Å². The summed E-state index contributed by atoms with van der Waals surface area (Å²) >= 11 is 5.04. The van der Waals surface area contributed by atoms with Gasteiger partial charge in [-0.25, -0.2) is 9.48 Å². The Kier molecular flexibility index (Phi) is 5.92. The number of benzene rings is 1. The van der Waals surface area contributed by atoms with Crippen LogP contribution in [0.4, 0.5) is 0 Å². The summed E-state index contributed by atoms with van der Waals surface area (Å²) in [7, 11) is 0. The topological polar surface area (TPSA) is 44.1 Å². The van der Waals surface area contributed by atoms with Crippen LogP contribution in [0.15, 0.2) is 21.6 Å². The zero-order valence-electron chi connectivity index (χ0n) is 14.1. The molecule has 0 spiro atoms. The van der Waals surface area contributed by atoms with Crippen LogP contribution in [0.3, 0.4) is 0 Å². The van der Waals surface area contributed by atoms with Crippen molar-refractivity contribution in [1.29, 1.82) is 0 Å². The van der Waals surface area contributed by atoms with Gasteiger partial charge in [-0.1, -0.05) is 22.9 Å². The van der Waals surface area contributed by atoms with Gasteiger partial charge in [0.2, 0.25) is 0 Å². The molecule has 0 aliphatic heterocycles. The summed E-state index contributed by atoms with van der Waals surface area (Å²) in [6.45, 7) is 8.27. The van der Waals surface area contributed by atoms with Crippen molar-refractivity contribution in [1.82, 2.24) is 9.78 Å². The lowest BCUT2D eigenvalue weighted by Crippen LogP contribution is -2.08. The van der Waals surface area contributed by atoms with Crippen molar-refractivity contribution in [3.63, 3.8) is 0 Å². The highest BCUT2D eigenvalue weighted by atomic mass is 79.9. The second-order valence-corrected chi connectivity index (χ2v) is 6.92. The first-order valence-corrected chi connectivity index (χ1v) is 9.56. The lowest BCUT2D eigenvalue weighted by atomic mass is 10.1. The molecule has 2 rings (SSSR count). The number of aromatic nitrogens is 2. The molecule has 1 heterocycles. The lowest BCUT2D eigenvalue weighted by molar-refractivity contribution is 0.0521. The molecule has 124 valence electrons. The van der Waals surface area contributed by atoms with Crippen molar-refractivity contribution in [2.24, 2.45) is 0 Å². The Morgan fingerprint density at radius 1 is 1.30 bits per heavy atom. The third kappa shape index (κ3) is 3.48. The molecule has 0 amide bonds. The fraction of sp³-hybridized carbons (Fsp3) is 0.412. The molecule has 2 aromatic rings. The number of hydrogen-bond acceptors (Lipinski definition) is 4. The van der Waals surface area contributed by atoms with Crippen LogP contribution in [0.5, 0.6) is 0 Å². The molecular formula is C17H21BrN2O2S. The highest BCUT2D eigenvalue weighted by molar-refractivity contribution is 9.10. The van der Waals surface area contributed by atoms with Gasteiger partial charge >= 0.3 is 5.97 Å². The van der Waals surface area contributed by atoms with Crippen LogP contribution in [0.1, 0.15) is 41.0 Å². The molecule has 23 heavy (non-hydrogen) atoms. The highest BCUT2D eigenvalue weighted by Gasteiger charge is 2.25. The Morgan fingerprint density at radius 3 is 2.39 bits per heavy atom. The second-order valence-electron chi connectivity index (χ2n) is 5.20. The predicted octanol–water partition coefficient (Wildman–Crippen LogP) is 4.71. The summed E-state index contributed by atoms with van der Waals surface area (Å²) in [6.07, 6.45) is 2.64. The number of thioether (sulfide) groups is 1. The normalized spacial score (nSPS) is 10.9. The fourth-order valence-corrected chi connectivity index (χ4v) is 4.08. The number of halogens is 1. The second kappa shape index (κ2) is 7.53. The van der Waals surface area contributed by atoms with E-state index in [4.69, 9.17) is 9.84 Å². The minimum Gasteiger partial charge on any atom is -0.462 e. The van der Waals surface area contributed by atoms with Gasteiger partial charge in [-0.15, -0.1) is 11.8 Å².